The molecule has 0 saturated carbocycles. The fourth-order valence-electron chi connectivity index (χ4n) is 2.39. The minimum atomic E-state index is -0.680. The molecule has 1 heterocycles. The molecule has 1 fully saturated rings. The Balaban J connectivity index is 2.42. The summed E-state index contributed by atoms with van der Waals surface area (Å²) in [5.41, 5.74) is -0.523. The third-order valence-electron chi connectivity index (χ3n) is 3.38. The van der Waals surface area contributed by atoms with E-state index in [2.05, 4.69) is 5.32 Å². The van der Waals surface area contributed by atoms with Gasteiger partial charge in [0.25, 0.3) is 5.91 Å². The Kier molecular flexibility index (Phi) is 4.42. The van der Waals surface area contributed by atoms with E-state index in [1.807, 2.05) is 0 Å². The largest absolute Gasteiger partial charge is 0.353 e. The van der Waals surface area contributed by atoms with Crippen molar-refractivity contribution in [2.75, 3.05) is 13.1 Å². The van der Waals surface area contributed by atoms with Gasteiger partial charge in [-0.2, -0.15) is 0 Å². The highest BCUT2D eigenvalue weighted by Crippen LogP contribution is 2.29. The first kappa shape index (κ1) is 15.2. The van der Waals surface area contributed by atoms with E-state index in [0.29, 0.717) is 19.5 Å². The van der Waals surface area contributed by atoms with Crippen LogP contribution in [0.25, 0.3) is 0 Å². The molecule has 1 unspecified atom stereocenters. The lowest BCUT2D eigenvalue weighted by molar-refractivity contribution is -0.385. The van der Waals surface area contributed by atoms with Crippen LogP contribution in [-0.2, 0) is 4.79 Å². The summed E-state index contributed by atoms with van der Waals surface area (Å²) in [6.07, 6.45) is 0.436. The third-order valence-corrected chi connectivity index (χ3v) is 3.68. The molecule has 7 nitrogen and oxygen atoms in total. The molecule has 21 heavy (non-hydrogen) atoms. The standard InChI is InChI=1S/C13H14ClN3O4/c1-2-10-12(18)15-6-7-16(10)13(19)8-4-3-5-9(14)11(8)17(20)21/h3-5,10H,2,6-7H2,1H3,(H,15,18). The maximum absolute atomic E-state index is 12.6. The van der Waals surface area contributed by atoms with E-state index < -0.39 is 22.6 Å². The van der Waals surface area contributed by atoms with Gasteiger partial charge in [0.2, 0.25) is 5.91 Å². The predicted molar refractivity (Wildman–Crippen MR) is 76.2 cm³/mol. The number of piperazine rings is 1. The lowest BCUT2D eigenvalue weighted by Gasteiger charge is -2.34. The molecular formula is C13H14ClN3O4. The predicted octanol–water partition coefficient (Wildman–Crippen LogP) is 1.60. The summed E-state index contributed by atoms with van der Waals surface area (Å²) >= 11 is 5.81. The quantitative estimate of drug-likeness (QED) is 0.678. The van der Waals surface area contributed by atoms with Gasteiger partial charge in [0.15, 0.2) is 0 Å². The van der Waals surface area contributed by atoms with Crippen LogP contribution in [0.2, 0.25) is 5.02 Å². The van der Waals surface area contributed by atoms with Gasteiger partial charge < -0.3 is 10.2 Å². The van der Waals surface area contributed by atoms with Crippen LogP contribution in [0.1, 0.15) is 23.7 Å². The minimum Gasteiger partial charge on any atom is -0.353 e. The lowest BCUT2D eigenvalue weighted by Crippen LogP contribution is -2.56. The zero-order valence-electron chi connectivity index (χ0n) is 11.3. The van der Waals surface area contributed by atoms with Gasteiger partial charge in [0.05, 0.1) is 4.92 Å². The molecule has 8 heteroatoms. The first-order valence-corrected chi connectivity index (χ1v) is 6.86. The SMILES string of the molecule is CCC1C(=O)NCCN1C(=O)c1cccc(Cl)c1[N+](=O)[O-]. The van der Waals surface area contributed by atoms with Crippen molar-refractivity contribution >= 4 is 29.1 Å². The Morgan fingerprint density at radius 3 is 2.90 bits per heavy atom. The molecule has 1 N–H and O–H groups in total. The number of nitrogens with one attached hydrogen (secondary N) is 1. The fourth-order valence-corrected chi connectivity index (χ4v) is 2.64. The number of amides is 2. The second kappa shape index (κ2) is 6.09. The Hall–Kier alpha value is -2.15. The molecule has 1 aliphatic heterocycles. The van der Waals surface area contributed by atoms with Gasteiger partial charge >= 0.3 is 5.69 Å². The molecule has 0 radical (unpaired) electrons. The Morgan fingerprint density at radius 1 is 1.57 bits per heavy atom. The van der Waals surface area contributed by atoms with Gasteiger partial charge in [-0.3, -0.25) is 19.7 Å². The number of rotatable bonds is 3. The number of para-hydroxylation sites is 1. The van der Waals surface area contributed by atoms with Gasteiger partial charge in [0, 0.05) is 13.1 Å². The molecule has 112 valence electrons. The molecule has 0 spiro atoms. The van der Waals surface area contributed by atoms with Crippen molar-refractivity contribution in [2.24, 2.45) is 0 Å². The van der Waals surface area contributed by atoms with Crippen molar-refractivity contribution in [2.45, 2.75) is 19.4 Å². The molecule has 1 saturated heterocycles. The lowest BCUT2D eigenvalue weighted by atomic mass is 10.1. The second-order valence-electron chi connectivity index (χ2n) is 4.61. The molecule has 1 aromatic rings. The summed E-state index contributed by atoms with van der Waals surface area (Å²) in [5, 5.41) is 13.7. The molecule has 2 rings (SSSR count). The number of benzene rings is 1. The molecule has 0 bridgehead atoms. The van der Waals surface area contributed by atoms with Gasteiger partial charge in [-0.05, 0) is 18.6 Å². The van der Waals surface area contributed by atoms with Crippen LogP contribution in [0, 0.1) is 10.1 Å². The topological polar surface area (TPSA) is 92.6 Å². The molecular weight excluding hydrogens is 298 g/mol. The van der Waals surface area contributed by atoms with Crippen molar-refractivity contribution in [3.63, 3.8) is 0 Å². The summed E-state index contributed by atoms with van der Waals surface area (Å²) in [7, 11) is 0. The van der Waals surface area contributed by atoms with Crippen LogP contribution in [0.4, 0.5) is 5.69 Å². The monoisotopic (exact) mass is 311 g/mol. The van der Waals surface area contributed by atoms with E-state index in [4.69, 9.17) is 11.6 Å². The number of hydrogen-bond acceptors (Lipinski definition) is 4. The van der Waals surface area contributed by atoms with E-state index in [9.17, 15) is 19.7 Å². The third kappa shape index (κ3) is 2.82. The van der Waals surface area contributed by atoms with Gasteiger partial charge in [-0.15, -0.1) is 0 Å². The van der Waals surface area contributed by atoms with E-state index >= 15 is 0 Å². The number of nitro benzene ring substituents is 1. The Bertz CT molecular complexity index is 605. The summed E-state index contributed by atoms with van der Waals surface area (Å²) < 4.78 is 0. The van der Waals surface area contributed by atoms with Crippen molar-refractivity contribution in [3.8, 4) is 0 Å². The number of hydrogen-bond donors (Lipinski definition) is 1. The summed E-state index contributed by atoms with van der Waals surface area (Å²) in [6, 6.07) is 3.57. The number of halogens is 1. The molecule has 0 aliphatic carbocycles. The minimum absolute atomic E-state index is 0.0966. The van der Waals surface area contributed by atoms with Crippen LogP contribution in [0.15, 0.2) is 18.2 Å². The molecule has 1 aromatic carbocycles. The van der Waals surface area contributed by atoms with E-state index in [-0.39, 0.29) is 16.5 Å². The van der Waals surface area contributed by atoms with E-state index in [0.717, 1.165) is 0 Å². The van der Waals surface area contributed by atoms with Crippen molar-refractivity contribution in [3.05, 3.63) is 38.9 Å². The maximum Gasteiger partial charge on any atom is 0.300 e. The van der Waals surface area contributed by atoms with Crippen molar-refractivity contribution in [1.82, 2.24) is 10.2 Å². The summed E-state index contributed by atoms with van der Waals surface area (Å²) in [5.74, 6) is -0.798. The molecule has 0 aromatic heterocycles. The number of nitro groups is 1. The van der Waals surface area contributed by atoms with Gasteiger partial charge in [0.1, 0.15) is 16.6 Å². The van der Waals surface area contributed by atoms with Crippen LogP contribution in [0.3, 0.4) is 0 Å². The van der Waals surface area contributed by atoms with Crippen molar-refractivity contribution in [1.29, 1.82) is 0 Å². The van der Waals surface area contributed by atoms with Gasteiger partial charge in [-0.1, -0.05) is 24.6 Å². The highest BCUT2D eigenvalue weighted by Gasteiger charge is 2.35. The number of carbonyl (C=O) groups is 2. The van der Waals surface area contributed by atoms with Crippen molar-refractivity contribution < 1.29 is 14.5 Å². The zero-order chi connectivity index (χ0) is 15.6. The number of nitrogens with zero attached hydrogens (tertiary/aromatic N) is 2. The molecule has 1 aliphatic rings. The fraction of sp³-hybridized carbons (Fsp3) is 0.385. The Morgan fingerprint density at radius 2 is 2.29 bits per heavy atom. The first-order chi connectivity index (χ1) is 9.97. The zero-order valence-corrected chi connectivity index (χ0v) is 12.1. The average molecular weight is 312 g/mol. The van der Waals surface area contributed by atoms with Crippen LogP contribution >= 0.6 is 11.6 Å². The number of carbonyl (C=O) groups excluding carboxylic acids is 2. The normalized spacial score (nSPS) is 18.3. The smallest absolute Gasteiger partial charge is 0.300 e. The summed E-state index contributed by atoms with van der Waals surface area (Å²) in [4.78, 5) is 36.2. The molecule has 2 amide bonds. The van der Waals surface area contributed by atoms with Crippen LogP contribution in [0.5, 0.6) is 0 Å². The van der Waals surface area contributed by atoms with Gasteiger partial charge in [-0.25, -0.2) is 0 Å². The highest BCUT2D eigenvalue weighted by molar-refractivity contribution is 6.33. The van der Waals surface area contributed by atoms with E-state index in [1.165, 1.54) is 23.1 Å². The second-order valence-corrected chi connectivity index (χ2v) is 5.01. The molecule has 1 atom stereocenters. The first-order valence-electron chi connectivity index (χ1n) is 6.49. The Labute approximate surface area is 126 Å². The maximum atomic E-state index is 12.6. The van der Waals surface area contributed by atoms with Crippen LogP contribution < -0.4 is 5.32 Å². The average Bonchev–Trinajstić information content (AvgIpc) is 2.45. The highest BCUT2D eigenvalue weighted by atomic mass is 35.5. The van der Waals surface area contributed by atoms with E-state index in [1.54, 1.807) is 6.92 Å². The summed E-state index contributed by atoms with van der Waals surface area (Å²) in [6.45, 7) is 2.42. The van der Waals surface area contributed by atoms with Crippen LogP contribution in [-0.4, -0.2) is 40.8 Å².